The van der Waals surface area contributed by atoms with Crippen LogP contribution in [-0.2, 0) is 24.5 Å². The number of carbonyl (C=O) groups excluding carboxylic acids is 2. The van der Waals surface area contributed by atoms with E-state index in [1.807, 2.05) is 36.4 Å². The number of hydrogen-bond acceptors (Lipinski definition) is 12. The summed E-state index contributed by atoms with van der Waals surface area (Å²) < 4.78 is 11.1. The summed E-state index contributed by atoms with van der Waals surface area (Å²) in [5, 5.41) is 80.7. The Bertz CT molecular complexity index is 1660. The zero-order valence-electron chi connectivity index (χ0n) is 27.6. The fourth-order valence-corrected chi connectivity index (χ4v) is 7.47. The normalized spacial score (nSPS) is 32.2. The van der Waals surface area contributed by atoms with E-state index in [-0.39, 0.29) is 18.7 Å². The van der Waals surface area contributed by atoms with Gasteiger partial charge >= 0.3 is 0 Å². The molecule has 0 unspecified atom stereocenters. The minimum Gasteiger partial charge on any atom is -0.394 e. The molecule has 3 fully saturated rings. The van der Waals surface area contributed by atoms with Crippen LogP contribution >= 0.6 is 0 Å². The summed E-state index contributed by atoms with van der Waals surface area (Å²) in [6.07, 6.45) is -12.6. The van der Waals surface area contributed by atoms with Crippen molar-refractivity contribution in [3.05, 3.63) is 58.7 Å². The molecular formula is C37H42N2O12. The second-order valence-corrected chi connectivity index (χ2v) is 13.5. The molecular weight excluding hydrogens is 664 g/mol. The number of amides is 2. The minimum atomic E-state index is -1.55. The lowest BCUT2D eigenvalue weighted by atomic mass is 9.70. The van der Waals surface area contributed by atoms with Crippen molar-refractivity contribution in [1.29, 1.82) is 0 Å². The van der Waals surface area contributed by atoms with Crippen molar-refractivity contribution in [2.75, 3.05) is 26.3 Å². The van der Waals surface area contributed by atoms with Gasteiger partial charge in [0.05, 0.1) is 13.2 Å². The number of aliphatic hydroxyl groups excluding tert-OH is 8. The Morgan fingerprint density at radius 3 is 1.57 bits per heavy atom. The van der Waals surface area contributed by atoms with Crippen LogP contribution in [0.25, 0.3) is 11.1 Å². The molecule has 3 heterocycles. The molecule has 6 rings (SSSR count). The zero-order valence-corrected chi connectivity index (χ0v) is 27.6. The van der Waals surface area contributed by atoms with Crippen LogP contribution in [0.15, 0.2) is 36.4 Å². The van der Waals surface area contributed by atoms with Crippen molar-refractivity contribution in [2.45, 2.75) is 92.1 Å². The molecule has 10 N–H and O–H groups in total. The Balaban J connectivity index is 1.33. The summed E-state index contributed by atoms with van der Waals surface area (Å²) >= 11 is 0. The number of primary amides is 1. The van der Waals surface area contributed by atoms with Gasteiger partial charge < -0.3 is 61.0 Å². The Hall–Kier alpha value is -3.90. The summed E-state index contributed by atoms with van der Waals surface area (Å²) in [6, 6.07) is 11.4. The van der Waals surface area contributed by atoms with Crippen LogP contribution in [0.3, 0.4) is 0 Å². The average Bonchev–Trinajstić information content (AvgIpc) is 3.39. The maximum absolute atomic E-state index is 12.9. The lowest BCUT2D eigenvalue weighted by Crippen LogP contribution is -2.58. The minimum absolute atomic E-state index is 0.0187. The number of rotatable bonds is 5. The van der Waals surface area contributed by atoms with Gasteiger partial charge in [-0.25, -0.2) is 0 Å². The summed E-state index contributed by atoms with van der Waals surface area (Å²) in [7, 11) is 0. The lowest BCUT2D eigenvalue weighted by Gasteiger charge is -2.41. The molecule has 0 bridgehead atoms. The maximum atomic E-state index is 12.9. The van der Waals surface area contributed by atoms with E-state index in [4.69, 9.17) is 15.2 Å². The Labute approximate surface area is 294 Å². The SMILES string of the molecule is NC(=O)CCC(=O)N1CCC2(CC1)c1cc(C#C[C@H]3O[C@H](CO)[C@@H](O)[C@H](O)[C@@H]3O)ccc1-c1ccc(C#C[C@H]3O[C@H](CO)[C@@H](O)[C@H](O)[C@@H]3O)cc12. The molecule has 0 radical (unpaired) electrons. The van der Waals surface area contributed by atoms with Crippen LogP contribution in [0, 0.1) is 23.7 Å². The standard InChI is InChI=1S/C37H42N2O12/c38-29(42)9-10-30(43)39-13-11-37(12-14-39)23-15-19(3-7-25-31(44)35(48)33(46)27(17-40)50-25)1-5-21(23)22-6-2-20(16-24(22)37)4-8-26-32(45)36(49)34(47)28(18-41)51-26/h1-2,5-6,15-16,25-28,31-36,40-41,44-49H,9-14,17-18H2,(H2,38,42)/t25-,26-,27-,28-,31-,32-,33-,34-,35-,36-/m1/s1. The molecule has 3 aliphatic heterocycles. The predicted octanol–water partition coefficient (Wildman–Crippen LogP) is -2.77. The largest absolute Gasteiger partial charge is 0.394 e. The van der Waals surface area contributed by atoms with Gasteiger partial charge in [0.2, 0.25) is 11.8 Å². The van der Waals surface area contributed by atoms with Crippen LogP contribution in [0.1, 0.15) is 47.9 Å². The molecule has 14 heteroatoms. The van der Waals surface area contributed by atoms with Crippen LogP contribution in [0.5, 0.6) is 0 Å². The first-order chi connectivity index (χ1) is 24.4. The number of likely N-dealkylation sites (tertiary alicyclic amines) is 1. The molecule has 2 aromatic rings. The van der Waals surface area contributed by atoms with Gasteiger partial charge in [0.25, 0.3) is 0 Å². The number of fused-ring (bicyclic) bond motifs is 5. The average molecular weight is 707 g/mol. The number of carbonyl (C=O) groups is 2. The van der Waals surface area contributed by atoms with Crippen molar-refractivity contribution < 1.29 is 59.9 Å². The van der Waals surface area contributed by atoms with Crippen LogP contribution in [-0.4, -0.2) is 145 Å². The van der Waals surface area contributed by atoms with E-state index < -0.39 is 85.6 Å². The molecule has 1 aliphatic carbocycles. The first kappa shape index (κ1) is 36.9. The van der Waals surface area contributed by atoms with Gasteiger partial charge in [0.15, 0.2) is 0 Å². The van der Waals surface area contributed by atoms with E-state index in [1.165, 1.54) is 0 Å². The highest BCUT2D eigenvalue weighted by atomic mass is 16.5. The Morgan fingerprint density at radius 2 is 1.16 bits per heavy atom. The van der Waals surface area contributed by atoms with Gasteiger partial charge in [-0.2, -0.15) is 0 Å². The van der Waals surface area contributed by atoms with Crippen molar-refractivity contribution in [3.8, 4) is 34.8 Å². The fourth-order valence-electron chi connectivity index (χ4n) is 7.47. The molecule has 0 saturated carbocycles. The molecule has 4 aliphatic rings. The van der Waals surface area contributed by atoms with E-state index in [2.05, 4.69) is 23.7 Å². The van der Waals surface area contributed by atoms with Gasteiger partial charge in [-0.3, -0.25) is 9.59 Å². The first-order valence-corrected chi connectivity index (χ1v) is 16.9. The van der Waals surface area contributed by atoms with Crippen molar-refractivity contribution >= 4 is 11.8 Å². The van der Waals surface area contributed by atoms with Gasteiger partial charge in [-0.15, -0.1) is 0 Å². The number of ether oxygens (including phenoxy) is 2. The predicted molar refractivity (Wildman–Crippen MR) is 178 cm³/mol. The molecule has 10 atom stereocenters. The second kappa shape index (κ2) is 15.0. The molecule has 3 saturated heterocycles. The quantitative estimate of drug-likeness (QED) is 0.144. The third-order valence-corrected chi connectivity index (χ3v) is 10.4. The molecule has 0 aromatic heterocycles. The second-order valence-electron chi connectivity index (χ2n) is 13.5. The van der Waals surface area contributed by atoms with E-state index in [0.29, 0.717) is 37.1 Å². The number of piperidine rings is 1. The lowest BCUT2D eigenvalue weighted by molar-refractivity contribution is -0.214. The molecule has 272 valence electrons. The third-order valence-electron chi connectivity index (χ3n) is 10.4. The summed E-state index contributed by atoms with van der Waals surface area (Å²) in [5.41, 5.74) is 9.68. The zero-order chi connectivity index (χ0) is 36.6. The van der Waals surface area contributed by atoms with Gasteiger partial charge in [-0.1, -0.05) is 35.8 Å². The maximum Gasteiger partial charge on any atom is 0.223 e. The molecule has 2 aromatic carbocycles. The Morgan fingerprint density at radius 1 is 0.706 bits per heavy atom. The highest BCUT2D eigenvalue weighted by Gasteiger charge is 2.47. The number of nitrogens with zero attached hydrogens (tertiary/aromatic N) is 1. The number of hydrogen-bond donors (Lipinski definition) is 9. The highest BCUT2D eigenvalue weighted by Crippen LogP contribution is 2.54. The molecule has 51 heavy (non-hydrogen) atoms. The highest BCUT2D eigenvalue weighted by molar-refractivity contribution is 5.84. The van der Waals surface area contributed by atoms with Crippen LogP contribution < -0.4 is 5.73 Å². The van der Waals surface area contributed by atoms with E-state index >= 15 is 0 Å². The fraction of sp³-hybridized carbons (Fsp3) is 0.514. The van der Waals surface area contributed by atoms with Crippen LogP contribution in [0.4, 0.5) is 0 Å². The summed E-state index contributed by atoms with van der Waals surface area (Å²) in [5.74, 6) is 11.0. The van der Waals surface area contributed by atoms with E-state index in [9.17, 15) is 50.4 Å². The summed E-state index contributed by atoms with van der Waals surface area (Å²) in [4.78, 5) is 26.0. The van der Waals surface area contributed by atoms with Crippen molar-refractivity contribution in [2.24, 2.45) is 5.73 Å². The van der Waals surface area contributed by atoms with Gasteiger partial charge in [0, 0.05) is 42.5 Å². The Kier molecular flexibility index (Phi) is 10.8. The smallest absolute Gasteiger partial charge is 0.223 e. The van der Waals surface area contributed by atoms with Crippen molar-refractivity contribution in [1.82, 2.24) is 4.90 Å². The number of aliphatic hydroxyl groups is 8. The number of nitrogens with two attached hydrogens (primary N) is 1. The molecule has 2 amide bonds. The monoisotopic (exact) mass is 706 g/mol. The number of benzene rings is 2. The molecule has 1 spiro atoms. The van der Waals surface area contributed by atoms with E-state index in [1.54, 1.807) is 4.90 Å². The molecule has 14 nitrogen and oxygen atoms in total. The topological polar surface area (TPSA) is 244 Å². The van der Waals surface area contributed by atoms with Crippen LogP contribution in [0.2, 0.25) is 0 Å². The summed E-state index contributed by atoms with van der Waals surface area (Å²) in [6.45, 7) is -0.338. The van der Waals surface area contributed by atoms with E-state index in [0.717, 1.165) is 22.3 Å². The first-order valence-electron chi connectivity index (χ1n) is 16.9. The van der Waals surface area contributed by atoms with Gasteiger partial charge in [0.1, 0.15) is 61.0 Å². The van der Waals surface area contributed by atoms with Gasteiger partial charge in [-0.05, 0) is 59.4 Å². The van der Waals surface area contributed by atoms with Crippen molar-refractivity contribution in [3.63, 3.8) is 0 Å². The third kappa shape index (κ3) is 7.01.